The largest absolute Gasteiger partial charge is 0.329 e. The Hall–Kier alpha value is -3.88. The van der Waals surface area contributed by atoms with Gasteiger partial charge in [0.15, 0.2) is 0 Å². The molecule has 6 aromatic rings. The highest BCUT2D eigenvalue weighted by molar-refractivity contribution is 7.98. The van der Waals surface area contributed by atoms with E-state index in [1.807, 2.05) is 75.9 Å². The molecule has 1 atom stereocenters. The molecule has 0 amide bonds. The van der Waals surface area contributed by atoms with Crippen molar-refractivity contribution in [1.29, 1.82) is 0 Å². The molecule has 0 saturated carbocycles. The smallest absolute Gasteiger partial charge is 0.326 e. The molecule has 0 radical (unpaired) electrons. The van der Waals surface area contributed by atoms with E-state index in [2.05, 4.69) is 41.2 Å². The molecule has 4 aromatic carbocycles. The number of aryl methyl sites for hydroxylation is 2. The van der Waals surface area contributed by atoms with Crippen molar-refractivity contribution < 1.29 is 4.21 Å². The summed E-state index contributed by atoms with van der Waals surface area (Å²) in [5.41, 5.74) is 5.99. The Morgan fingerprint density at radius 3 is 1.98 bits per heavy atom. The van der Waals surface area contributed by atoms with Gasteiger partial charge in [0.2, 0.25) is 0 Å². The molecule has 0 N–H and O–H groups in total. The molecule has 40 heavy (non-hydrogen) atoms. The summed E-state index contributed by atoms with van der Waals surface area (Å²) in [5.74, 6) is 0.849. The highest BCUT2D eigenvalue weighted by atomic mass is 32.2. The molecule has 2 heterocycles. The van der Waals surface area contributed by atoms with Gasteiger partial charge >= 0.3 is 5.69 Å². The predicted octanol–water partition coefficient (Wildman–Crippen LogP) is 5.95. The maximum absolute atomic E-state index is 13.9. The first-order valence-electron chi connectivity index (χ1n) is 13.2. The van der Waals surface area contributed by atoms with E-state index in [0.717, 1.165) is 51.3 Å². The van der Waals surface area contributed by atoms with Gasteiger partial charge in [-0.2, -0.15) is 0 Å². The van der Waals surface area contributed by atoms with Gasteiger partial charge < -0.3 is 4.57 Å². The summed E-state index contributed by atoms with van der Waals surface area (Å²) >= 11 is 1.71. The fourth-order valence-electron chi connectivity index (χ4n) is 5.22. The predicted molar refractivity (Wildman–Crippen MR) is 165 cm³/mol. The van der Waals surface area contributed by atoms with Crippen LogP contribution in [-0.2, 0) is 36.9 Å². The summed E-state index contributed by atoms with van der Waals surface area (Å²) in [6.07, 6.45) is 4.55. The highest BCUT2D eigenvalue weighted by Crippen LogP contribution is 2.22. The normalized spacial score (nSPS) is 12.3. The molecule has 1 unspecified atom stereocenters. The summed E-state index contributed by atoms with van der Waals surface area (Å²) in [5, 5.41) is 0. The number of hydrogen-bond acceptors (Lipinski definition) is 4. The van der Waals surface area contributed by atoms with Gasteiger partial charge in [0.25, 0.3) is 0 Å². The van der Waals surface area contributed by atoms with Gasteiger partial charge in [-0.05, 0) is 72.3 Å². The van der Waals surface area contributed by atoms with Gasteiger partial charge in [0.05, 0.1) is 35.2 Å². The molecule has 202 valence electrons. The van der Waals surface area contributed by atoms with E-state index >= 15 is 0 Å². The van der Waals surface area contributed by atoms with Crippen LogP contribution in [-0.4, -0.2) is 35.4 Å². The van der Waals surface area contributed by atoms with E-state index < -0.39 is 10.8 Å². The second kappa shape index (κ2) is 11.3. The first-order valence-corrected chi connectivity index (χ1v) is 16.0. The minimum Gasteiger partial charge on any atom is -0.326 e. The topological polar surface area (TPSA) is 61.8 Å². The molecule has 0 aliphatic heterocycles. The lowest BCUT2D eigenvalue weighted by atomic mass is 10.1. The van der Waals surface area contributed by atoms with E-state index in [0.29, 0.717) is 13.1 Å². The lowest BCUT2D eigenvalue weighted by Crippen LogP contribution is -2.26. The second-order valence-corrected chi connectivity index (χ2v) is 12.1. The first-order chi connectivity index (χ1) is 19.5. The maximum atomic E-state index is 13.9. The monoisotopic (exact) mass is 566 g/mol. The number of rotatable bonds is 9. The Kier molecular flexibility index (Phi) is 7.45. The van der Waals surface area contributed by atoms with Crippen molar-refractivity contribution in [3.8, 4) is 0 Å². The molecule has 8 heteroatoms. The Morgan fingerprint density at radius 2 is 1.32 bits per heavy atom. The average molecular weight is 567 g/mol. The zero-order valence-corrected chi connectivity index (χ0v) is 24.1. The molecule has 6 rings (SSSR count). The van der Waals surface area contributed by atoms with Crippen LogP contribution in [0.1, 0.15) is 17.0 Å². The van der Waals surface area contributed by atoms with Gasteiger partial charge in [-0.15, -0.1) is 11.8 Å². The van der Waals surface area contributed by atoms with Gasteiger partial charge in [0, 0.05) is 33.4 Å². The van der Waals surface area contributed by atoms with Crippen molar-refractivity contribution in [2.75, 3.05) is 12.5 Å². The number of para-hydroxylation sites is 4. The minimum absolute atomic E-state index is 0.0445. The fraction of sp³-hybridized carbons (Fsp3) is 0.188. The lowest BCUT2D eigenvalue weighted by molar-refractivity contribution is 0.620. The van der Waals surface area contributed by atoms with Crippen LogP contribution < -0.4 is 5.69 Å². The highest BCUT2D eigenvalue weighted by Gasteiger charge is 2.17. The zero-order valence-electron chi connectivity index (χ0n) is 22.5. The van der Waals surface area contributed by atoms with Crippen LogP contribution in [0, 0.1) is 0 Å². The van der Waals surface area contributed by atoms with Crippen LogP contribution in [0.2, 0.25) is 0 Å². The van der Waals surface area contributed by atoms with Crippen molar-refractivity contribution in [3.63, 3.8) is 0 Å². The molecular formula is C32H30N4O2S2. The van der Waals surface area contributed by atoms with E-state index in [-0.39, 0.29) is 5.69 Å². The molecule has 6 nitrogen and oxygen atoms in total. The number of thioether (sulfide) groups is 1. The SMILES string of the molecule is CSc1ccc(Cn2c(=O)n(Cc3nc4ccccc4n3CCc3ccc(S(C)=O)cc3)c3ccccc32)cc1. The van der Waals surface area contributed by atoms with Crippen molar-refractivity contribution in [2.45, 2.75) is 35.8 Å². The Labute approximate surface area is 239 Å². The van der Waals surface area contributed by atoms with E-state index in [4.69, 9.17) is 4.98 Å². The third-order valence-corrected chi connectivity index (χ3v) is 9.02. The second-order valence-electron chi connectivity index (χ2n) is 9.81. The van der Waals surface area contributed by atoms with Crippen LogP contribution in [0.4, 0.5) is 0 Å². The summed E-state index contributed by atoms with van der Waals surface area (Å²) in [6.45, 7) is 1.61. The summed E-state index contributed by atoms with van der Waals surface area (Å²) in [4.78, 5) is 20.9. The van der Waals surface area contributed by atoms with Gasteiger partial charge in [-0.3, -0.25) is 13.3 Å². The van der Waals surface area contributed by atoms with Crippen molar-refractivity contribution in [1.82, 2.24) is 18.7 Å². The van der Waals surface area contributed by atoms with Crippen LogP contribution in [0.15, 0.2) is 112 Å². The summed E-state index contributed by atoms with van der Waals surface area (Å²) in [7, 11) is -0.993. The van der Waals surface area contributed by atoms with Crippen molar-refractivity contribution >= 4 is 44.6 Å². The Bertz CT molecular complexity index is 1880. The van der Waals surface area contributed by atoms with Gasteiger partial charge in [0.1, 0.15) is 5.82 Å². The Balaban J connectivity index is 1.36. The average Bonchev–Trinajstić information content (AvgIpc) is 3.47. The van der Waals surface area contributed by atoms with Gasteiger partial charge in [-0.1, -0.05) is 48.5 Å². The van der Waals surface area contributed by atoms with Crippen LogP contribution >= 0.6 is 11.8 Å². The van der Waals surface area contributed by atoms with Gasteiger partial charge in [-0.25, -0.2) is 9.78 Å². The number of imidazole rings is 2. The Morgan fingerprint density at radius 1 is 0.725 bits per heavy atom. The van der Waals surface area contributed by atoms with Crippen LogP contribution in [0.25, 0.3) is 22.1 Å². The quantitative estimate of drug-likeness (QED) is 0.203. The maximum Gasteiger partial charge on any atom is 0.329 e. The molecule has 0 saturated heterocycles. The molecule has 2 aromatic heterocycles. The molecular weight excluding hydrogens is 537 g/mol. The van der Waals surface area contributed by atoms with Crippen LogP contribution in [0.3, 0.4) is 0 Å². The van der Waals surface area contributed by atoms with E-state index in [1.165, 1.54) is 10.5 Å². The number of benzene rings is 4. The minimum atomic E-state index is -0.993. The number of nitrogens with zero attached hydrogens (tertiary/aromatic N) is 4. The molecule has 0 aliphatic carbocycles. The fourth-order valence-corrected chi connectivity index (χ4v) is 6.14. The molecule has 0 aliphatic rings. The summed E-state index contributed by atoms with van der Waals surface area (Å²) in [6, 6.07) is 32.4. The number of hydrogen-bond donors (Lipinski definition) is 0. The van der Waals surface area contributed by atoms with Crippen LogP contribution in [0.5, 0.6) is 0 Å². The zero-order chi connectivity index (χ0) is 27.6. The third-order valence-electron chi connectivity index (χ3n) is 7.34. The standard InChI is InChI=1S/C32H30N4O2S2/c1-39-25-15-11-24(12-16-25)21-35-29-9-5-6-10-30(29)36(32(35)37)22-31-33-27-7-3-4-8-28(27)34(31)20-19-23-13-17-26(18-14-23)40(2)38/h3-18H,19-22H2,1-2H3. The number of aromatic nitrogens is 4. The lowest BCUT2D eigenvalue weighted by Gasteiger charge is -2.11. The molecule has 0 bridgehead atoms. The molecule has 0 fully saturated rings. The van der Waals surface area contributed by atoms with E-state index in [9.17, 15) is 9.00 Å². The van der Waals surface area contributed by atoms with E-state index in [1.54, 1.807) is 18.0 Å². The number of fused-ring (bicyclic) bond motifs is 2. The first kappa shape index (κ1) is 26.3. The third kappa shape index (κ3) is 5.17. The van der Waals surface area contributed by atoms with Crippen molar-refractivity contribution in [3.05, 3.63) is 124 Å². The van der Waals surface area contributed by atoms with Crippen molar-refractivity contribution in [2.24, 2.45) is 0 Å². The molecule has 0 spiro atoms. The summed E-state index contributed by atoms with van der Waals surface area (Å²) < 4.78 is 17.7.